The Morgan fingerprint density at radius 2 is 2.19 bits per heavy atom. The van der Waals surface area contributed by atoms with Gasteiger partial charge in [0, 0.05) is 22.8 Å². The van der Waals surface area contributed by atoms with Crippen LogP contribution in [0.4, 0.5) is 10.1 Å². The van der Waals surface area contributed by atoms with Gasteiger partial charge in [-0.3, -0.25) is 4.98 Å². The van der Waals surface area contributed by atoms with Gasteiger partial charge >= 0.3 is 0 Å². The molecule has 1 aliphatic carbocycles. The van der Waals surface area contributed by atoms with E-state index in [0.29, 0.717) is 17.0 Å². The van der Waals surface area contributed by atoms with Crippen LogP contribution in [0.2, 0.25) is 5.02 Å². The number of pyridine rings is 1. The van der Waals surface area contributed by atoms with E-state index in [9.17, 15) is 4.39 Å². The first-order valence-corrected chi connectivity index (χ1v) is 7.76. The molecule has 0 unspecified atom stereocenters. The van der Waals surface area contributed by atoms with Gasteiger partial charge in [0.2, 0.25) is 0 Å². The number of benzene rings is 1. The van der Waals surface area contributed by atoms with E-state index < -0.39 is 0 Å². The van der Waals surface area contributed by atoms with Crippen molar-refractivity contribution in [3.63, 3.8) is 0 Å². The zero-order valence-corrected chi connectivity index (χ0v) is 12.6. The Hall–Kier alpha value is -1.61. The van der Waals surface area contributed by atoms with E-state index in [1.807, 2.05) is 6.20 Å². The Balaban J connectivity index is 1.52. The smallest absolute Gasteiger partial charge is 0.127 e. The van der Waals surface area contributed by atoms with E-state index in [2.05, 4.69) is 16.4 Å². The van der Waals surface area contributed by atoms with Crippen molar-refractivity contribution in [3.05, 3.63) is 58.1 Å². The third-order valence-corrected chi connectivity index (χ3v) is 4.27. The predicted molar refractivity (Wildman–Crippen MR) is 84.5 cm³/mol. The molecule has 1 aromatic carbocycles. The predicted octanol–water partition coefficient (Wildman–Crippen LogP) is 4.41. The van der Waals surface area contributed by atoms with Crippen LogP contribution in [-0.4, -0.2) is 11.5 Å². The summed E-state index contributed by atoms with van der Waals surface area (Å²) < 4.78 is 13.6. The van der Waals surface area contributed by atoms with Gasteiger partial charge in [-0.05, 0) is 55.9 Å². The number of fused-ring (bicyclic) bond motifs is 1. The van der Waals surface area contributed by atoms with Crippen LogP contribution in [0.5, 0.6) is 0 Å². The number of hydrogen-bond acceptors (Lipinski definition) is 2. The summed E-state index contributed by atoms with van der Waals surface area (Å²) in [5, 5.41) is 3.86. The molecule has 1 N–H and O–H groups in total. The average molecular weight is 305 g/mol. The Morgan fingerprint density at radius 1 is 1.29 bits per heavy atom. The summed E-state index contributed by atoms with van der Waals surface area (Å²) in [4.78, 5) is 4.48. The van der Waals surface area contributed by atoms with Gasteiger partial charge in [-0.1, -0.05) is 17.7 Å². The molecule has 0 radical (unpaired) electrons. The number of nitrogens with one attached hydrogen (secondary N) is 1. The molecule has 0 aliphatic heterocycles. The fraction of sp³-hybridized carbons (Fsp3) is 0.353. The van der Waals surface area contributed by atoms with Crippen LogP contribution in [0.25, 0.3) is 0 Å². The van der Waals surface area contributed by atoms with Crippen molar-refractivity contribution in [1.82, 2.24) is 4.98 Å². The van der Waals surface area contributed by atoms with Crippen molar-refractivity contribution in [2.45, 2.75) is 32.1 Å². The van der Waals surface area contributed by atoms with Crippen molar-refractivity contribution < 1.29 is 4.39 Å². The van der Waals surface area contributed by atoms with Gasteiger partial charge < -0.3 is 5.32 Å². The average Bonchev–Trinajstić information content (AvgIpc) is 2.93. The highest BCUT2D eigenvalue weighted by Gasteiger charge is 2.12. The van der Waals surface area contributed by atoms with Gasteiger partial charge in [-0.2, -0.15) is 0 Å². The molecule has 110 valence electrons. The SMILES string of the molecule is Fc1cccc(Cl)c1CCCNc1cnc2c(c1)CCC2. The normalized spacial score (nSPS) is 13.2. The van der Waals surface area contributed by atoms with Crippen LogP contribution < -0.4 is 5.32 Å². The molecule has 3 rings (SSSR count). The second kappa shape index (κ2) is 6.44. The Morgan fingerprint density at radius 3 is 3.05 bits per heavy atom. The summed E-state index contributed by atoms with van der Waals surface area (Å²) in [6, 6.07) is 7.01. The van der Waals surface area contributed by atoms with E-state index in [-0.39, 0.29) is 5.82 Å². The second-order valence-corrected chi connectivity index (χ2v) is 5.82. The van der Waals surface area contributed by atoms with Crippen molar-refractivity contribution >= 4 is 17.3 Å². The third kappa shape index (κ3) is 3.35. The van der Waals surface area contributed by atoms with E-state index in [4.69, 9.17) is 11.6 Å². The number of nitrogens with zero attached hydrogens (tertiary/aromatic N) is 1. The lowest BCUT2D eigenvalue weighted by atomic mass is 10.1. The summed E-state index contributed by atoms with van der Waals surface area (Å²) in [5.74, 6) is -0.221. The number of anilines is 1. The van der Waals surface area contributed by atoms with E-state index >= 15 is 0 Å². The fourth-order valence-corrected chi connectivity index (χ4v) is 3.05. The fourth-order valence-electron chi connectivity index (χ4n) is 2.79. The summed E-state index contributed by atoms with van der Waals surface area (Å²) in [7, 11) is 0. The molecule has 1 heterocycles. The molecule has 21 heavy (non-hydrogen) atoms. The molecule has 0 saturated heterocycles. The Labute approximate surface area is 129 Å². The highest BCUT2D eigenvalue weighted by atomic mass is 35.5. The molecule has 0 atom stereocenters. The summed E-state index contributed by atoms with van der Waals surface area (Å²) >= 11 is 6.02. The number of hydrogen-bond donors (Lipinski definition) is 1. The first-order valence-electron chi connectivity index (χ1n) is 7.38. The standard InChI is InChI=1S/C17H18ClFN2/c18-15-6-2-7-16(19)14(15)5-3-9-20-13-10-12-4-1-8-17(12)21-11-13/h2,6-7,10-11,20H,1,3-5,8-9H2. The maximum atomic E-state index is 13.6. The molecular weight excluding hydrogens is 287 g/mol. The number of aromatic nitrogens is 1. The molecule has 1 aliphatic rings. The molecule has 4 heteroatoms. The van der Waals surface area contributed by atoms with Gasteiger partial charge in [0.1, 0.15) is 5.82 Å². The first kappa shape index (κ1) is 14.3. The zero-order valence-electron chi connectivity index (χ0n) is 11.8. The zero-order chi connectivity index (χ0) is 14.7. The minimum absolute atomic E-state index is 0.221. The lowest BCUT2D eigenvalue weighted by Crippen LogP contribution is -2.05. The lowest BCUT2D eigenvalue weighted by Gasteiger charge is -2.09. The van der Waals surface area contributed by atoms with E-state index in [1.54, 1.807) is 12.1 Å². The van der Waals surface area contributed by atoms with E-state index in [0.717, 1.165) is 31.5 Å². The molecule has 0 bridgehead atoms. The van der Waals surface area contributed by atoms with Gasteiger partial charge in [-0.25, -0.2) is 4.39 Å². The van der Waals surface area contributed by atoms with Crippen LogP contribution >= 0.6 is 11.6 Å². The topological polar surface area (TPSA) is 24.9 Å². The highest BCUT2D eigenvalue weighted by molar-refractivity contribution is 6.31. The minimum atomic E-state index is -0.221. The molecular formula is C17H18ClFN2. The van der Waals surface area contributed by atoms with Gasteiger partial charge in [0.15, 0.2) is 0 Å². The van der Waals surface area contributed by atoms with Gasteiger partial charge in [0.25, 0.3) is 0 Å². The van der Waals surface area contributed by atoms with Crippen LogP contribution in [-0.2, 0) is 19.3 Å². The van der Waals surface area contributed by atoms with Crippen molar-refractivity contribution in [2.24, 2.45) is 0 Å². The Bertz CT molecular complexity index is 622. The number of aryl methyl sites for hydroxylation is 2. The van der Waals surface area contributed by atoms with Crippen LogP contribution in [0.3, 0.4) is 0 Å². The highest BCUT2D eigenvalue weighted by Crippen LogP contribution is 2.23. The van der Waals surface area contributed by atoms with Crippen LogP contribution in [0, 0.1) is 5.82 Å². The number of halogens is 2. The van der Waals surface area contributed by atoms with Crippen LogP contribution in [0.1, 0.15) is 29.7 Å². The molecule has 2 aromatic rings. The monoisotopic (exact) mass is 304 g/mol. The number of rotatable bonds is 5. The third-order valence-electron chi connectivity index (χ3n) is 3.91. The second-order valence-electron chi connectivity index (χ2n) is 5.41. The molecule has 0 fully saturated rings. The Kier molecular flexibility index (Phi) is 4.39. The summed E-state index contributed by atoms with van der Waals surface area (Å²) in [5.41, 5.74) is 4.25. The maximum absolute atomic E-state index is 13.6. The molecule has 1 aromatic heterocycles. The van der Waals surface area contributed by atoms with Crippen molar-refractivity contribution in [2.75, 3.05) is 11.9 Å². The molecule has 2 nitrogen and oxygen atoms in total. The lowest BCUT2D eigenvalue weighted by molar-refractivity contribution is 0.606. The van der Waals surface area contributed by atoms with Crippen molar-refractivity contribution in [3.8, 4) is 0 Å². The molecule has 0 saturated carbocycles. The molecule has 0 amide bonds. The molecule has 0 spiro atoms. The quantitative estimate of drug-likeness (QED) is 0.828. The summed E-state index contributed by atoms with van der Waals surface area (Å²) in [6.45, 7) is 0.783. The van der Waals surface area contributed by atoms with Crippen molar-refractivity contribution in [1.29, 1.82) is 0 Å². The van der Waals surface area contributed by atoms with E-state index in [1.165, 1.54) is 23.7 Å². The van der Waals surface area contributed by atoms with Gasteiger partial charge in [-0.15, -0.1) is 0 Å². The van der Waals surface area contributed by atoms with Crippen LogP contribution in [0.15, 0.2) is 30.5 Å². The largest absolute Gasteiger partial charge is 0.384 e. The van der Waals surface area contributed by atoms with Gasteiger partial charge in [0.05, 0.1) is 11.9 Å². The minimum Gasteiger partial charge on any atom is -0.384 e. The maximum Gasteiger partial charge on any atom is 0.127 e. The summed E-state index contributed by atoms with van der Waals surface area (Å²) in [6.07, 6.45) is 6.79. The first-order chi connectivity index (χ1) is 10.2.